The van der Waals surface area contributed by atoms with Crippen LogP contribution in [0.2, 0.25) is 0 Å². The lowest BCUT2D eigenvalue weighted by Gasteiger charge is -2.23. The molecule has 0 radical (unpaired) electrons. The normalized spacial score (nSPS) is 11.4. The van der Waals surface area contributed by atoms with Gasteiger partial charge in [0.25, 0.3) is 0 Å². The maximum absolute atomic E-state index is 4.42. The van der Waals surface area contributed by atoms with Gasteiger partial charge >= 0.3 is 0 Å². The van der Waals surface area contributed by atoms with Gasteiger partial charge in [0.2, 0.25) is 0 Å². The molecule has 0 aliphatic heterocycles. The summed E-state index contributed by atoms with van der Waals surface area (Å²) in [6.07, 6.45) is 4.06. The van der Waals surface area contributed by atoms with Gasteiger partial charge in [-0.1, -0.05) is 25.1 Å². The van der Waals surface area contributed by atoms with Gasteiger partial charge in [0.15, 0.2) is 5.96 Å². The van der Waals surface area contributed by atoms with Crippen LogP contribution in [0.15, 0.2) is 41.5 Å². The molecule has 25 heavy (non-hydrogen) atoms. The molecule has 1 aromatic carbocycles. The maximum Gasteiger partial charge on any atom is 0.191 e. The van der Waals surface area contributed by atoms with E-state index in [0.717, 1.165) is 50.0 Å². The Bertz CT molecular complexity index is 638. The summed E-state index contributed by atoms with van der Waals surface area (Å²) in [4.78, 5) is 12.4. The molecule has 2 rings (SSSR count). The number of aryl methyl sites for hydroxylation is 1. The molecule has 5 nitrogen and oxygen atoms in total. The van der Waals surface area contributed by atoms with Gasteiger partial charge in [-0.3, -0.25) is 4.99 Å². The molecule has 0 bridgehead atoms. The predicted molar refractivity (Wildman–Crippen MR) is 109 cm³/mol. The number of nitrogens with one attached hydrogen (secondary N) is 2. The summed E-state index contributed by atoms with van der Waals surface area (Å²) in [6.45, 7) is 7.99. The molecule has 2 aromatic rings. The van der Waals surface area contributed by atoms with Crippen LogP contribution in [0.4, 0.5) is 5.69 Å². The molecule has 2 N–H and O–H groups in total. The van der Waals surface area contributed by atoms with Gasteiger partial charge in [-0.2, -0.15) is 0 Å². The second-order valence-electron chi connectivity index (χ2n) is 5.70. The minimum Gasteiger partial charge on any atom is -0.372 e. The molecule has 0 atom stereocenters. The first-order valence-electron chi connectivity index (χ1n) is 8.94. The fourth-order valence-corrected chi connectivity index (χ4v) is 3.36. The number of nitrogens with zero attached hydrogens (tertiary/aromatic N) is 3. The minimum absolute atomic E-state index is 0.718. The zero-order valence-corrected chi connectivity index (χ0v) is 16.3. The van der Waals surface area contributed by atoms with E-state index in [1.807, 2.05) is 6.20 Å². The number of aliphatic imine (C=N–C) groups is 1. The monoisotopic (exact) mass is 359 g/mol. The third kappa shape index (κ3) is 6.38. The van der Waals surface area contributed by atoms with E-state index < -0.39 is 0 Å². The molecule has 0 amide bonds. The fraction of sp³-hybridized carbons (Fsp3) is 0.474. The second-order valence-corrected chi connectivity index (χ2v) is 6.89. The Balaban J connectivity index is 1.70. The summed E-state index contributed by atoms with van der Waals surface area (Å²) in [5.74, 6) is 0.830. The standard InChI is InChI=1S/C19H29N5S/c1-4-17-14-22-18(25-17)15-23-19(20-3)21-12-9-13-24(5-2)16-10-7-6-8-11-16/h6-8,10-11,14H,4-5,9,12-13,15H2,1-3H3,(H2,20,21,23). The van der Waals surface area contributed by atoms with Crippen molar-refractivity contribution in [3.8, 4) is 0 Å². The highest BCUT2D eigenvalue weighted by Gasteiger charge is 2.05. The van der Waals surface area contributed by atoms with Crippen molar-refractivity contribution in [3.63, 3.8) is 0 Å². The number of hydrogen-bond donors (Lipinski definition) is 2. The Morgan fingerprint density at radius 2 is 2.00 bits per heavy atom. The van der Waals surface area contributed by atoms with Crippen molar-refractivity contribution in [2.24, 2.45) is 4.99 Å². The highest BCUT2D eigenvalue weighted by atomic mass is 32.1. The number of rotatable bonds is 9. The summed E-state index contributed by atoms with van der Waals surface area (Å²) < 4.78 is 0. The van der Waals surface area contributed by atoms with Crippen LogP contribution < -0.4 is 15.5 Å². The Hall–Kier alpha value is -2.08. The number of anilines is 1. The number of hydrogen-bond acceptors (Lipinski definition) is 4. The van der Waals surface area contributed by atoms with Gasteiger partial charge < -0.3 is 15.5 Å². The quantitative estimate of drug-likeness (QED) is 0.410. The Morgan fingerprint density at radius 3 is 2.64 bits per heavy atom. The van der Waals surface area contributed by atoms with Crippen molar-refractivity contribution in [3.05, 3.63) is 46.4 Å². The summed E-state index contributed by atoms with van der Waals surface area (Å²) >= 11 is 1.76. The zero-order valence-electron chi connectivity index (χ0n) is 15.5. The van der Waals surface area contributed by atoms with E-state index in [9.17, 15) is 0 Å². The van der Waals surface area contributed by atoms with Crippen LogP contribution in [0.25, 0.3) is 0 Å². The molecule has 1 aromatic heterocycles. The first kappa shape index (κ1) is 19.2. The zero-order chi connectivity index (χ0) is 17.9. The van der Waals surface area contributed by atoms with Gasteiger partial charge in [0.1, 0.15) is 5.01 Å². The van der Waals surface area contributed by atoms with Gasteiger partial charge in [0, 0.05) is 43.4 Å². The lowest BCUT2D eigenvalue weighted by Crippen LogP contribution is -2.38. The van der Waals surface area contributed by atoms with E-state index >= 15 is 0 Å². The third-order valence-corrected chi connectivity index (χ3v) is 5.12. The summed E-state index contributed by atoms with van der Waals surface area (Å²) in [6, 6.07) is 10.6. The molecular formula is C19H29N5S. The molecule has 0 fully saturated rings. The van der Waals surface area contributed by atoms with Gasteiger partial charge in [-0.15, -0.1) is 11.3 Å². The molecule has 1 heterocycles. The molecule has 0 aliphatic carbocycles. The van der Waals surface area contributed by atoms with Crippen LogP contribution in [0, 0.1) is 0 Å². The molecule has 0 unspecified atom stereocenters. The first-order chi connectivity index (χ1) is 12.3. The Labute approximate surface area is 155 Å². The van der Waals surface area contributed by atoms with Crippen LogP contribution >= 0.6 is 11.3 Å². The molecule has 0 saturated carbocycles. The topological polar surface area (TPSA) is 52.6 Å². The average molecular weight is 360 g/mol. The van der Waals surface area contributed by atoms with E-state index in [4.69, 9.17) is 0 Å². The summed E-state index contributed by atoms with van der Waals surface area (Å²) in [5, 5.41) is 7.81. The van der Waals surface area contributed by atoms with E-state index in [1.165, 1.54) is 10.6 Å². The number of benzene rings is 1. The average Bonchev–Trinajstić information content (AvgIpc) is 3.13. The van der Waals surface area contributed by atoms with Crippen LogP contribution in [0.3, 0.4) is 0 Å². The van der Waals surface area contributed by atoms with Crippen molar-refractivity contribution >= 4 is 23.0 Å². The van der Waals surface area contributed by atoms with Gasteiger partial charge in [-0.05, 0) is 31.9 Å². The number of aromatic nitrogens is 1. The summed E-state index contributed by atoms with van der Waals surface area (Å²) in [7, 11) is 1.80. The van der Waals surface area contributed by atoms with E-state index in [-0.39, 0.29) is 0 Å². The number of thiazole rings is 1. The third-order valence-electron chi connectivity index (χ3n) is 3.98. The minimum atomic E-state index is 0.718. The first-order valence-corrected chi connectivity index (χ1v) is 9.76. The highest BCUT2D eigenvalue weighted by molar-refractivity contribution is 7.11. The van der Waals surface area contributed by atoms with Crippen molar-refractivity contribution in [2.75, 3.05) is 31.6 Å². The Kier molecular flexibility index (Phi) is 8.25. The highest BCUT2D eigenvalue weighted by Crippen LogP contribution is 2.13. The van der Waals surface area contributed by atoms with Crippen LogP contribution in [0.5, 0.6) is 0 Å². The largest absolute Gasteiger partial charge is 0.372 e. The fourth-order valence-electron chi connectivity index (χ4n) is 2.56. The van der Waals surface area contributed by atoms with E-state index in [1.54, 1.807) is 18.4 Å². The molecule has 6 heteroatoms. The van der Waals surface area contributed by atoms with Crippen LogP contribution in [0.1, 0.15) is 30.2 Å². The SMILES string of the molecule is CCc1cnc(CNC(=NC)NCCCN(CC)c2ccccc2)s1. The molecule has 0 saturated heterocycles. The van der Waals surface area contributed by atoms with Crippen molar-refractivity contribution in [1.82, 2.24) is 15.6 Å². The molecular weight excluding hydrogens is 330 g/mol. The van der Waals surface area contributed by atoms with Crippen LogP contribution in [-0.2, 0) is 13.0 Å². The maximum atomic E-state index is 4.42. The van der Waals surface area contributed by atoms with E-state index in [0.29, 0.717) is 0 Å². The van der Waals surface area contributed by atoms with Gasteiger partial charge in [0.05, 0.1) is 6.54 Å². The summed E-state index contributed by atoms with van der Waals surface area (Å²) in [5.41, 5.74) is 1.28. The van der Waals surface area contributed by atoms with Crippen molar-refractivity contribution in [2.45, 2.75) is 33.2 Å². The van der Waals surface area contributed by atoms with E-state index in [2.05, 4.69) is 69.7 Å². The van der Waals surface area contributed by atoms with Gasteiger partial charge in [-0.25, -0.2) is 4.98 Å². The molecule has 136 valence electrons. The lowest BCUT2D eigenvalue weighted by molar-refractivity contribution is 0.708. The predicted octanol–water partition coefficient (Wildman–Crippen LogP) is 3.29. The second kappa shape index (κ2) is 10.7. The van der Waals surface area contributed by atoms with Crippen molar-refractivity contribution in [1.29, 1.82) is 0 Å². The molecule has 0 spiro atoms. The Morgan fingerprint density at radius 1 is 1.20 bits per heavy atom. The molecule has 0 aliphatic rings. The number of para-hydroxylation sites is 1. The lowest BCUT2D eigenvalue weighted by atomic mass is 10.2. The number of guanidine groups is 1. The smallest absolute Gasteiger partial charge is 0.191 e. The van der Waals surface area contributed by atoms with Crippen molar-refractivity contribution < 1.29 is 0 Å². The van der Waals surface area contributed by atoms with Crippen LogP contribution in [-0.4, -0.2) is 37.6 Å².